The zero-order valence-electron chi connectivity index (χ0n) is 14.3. The number of anilines is 2. The van der Waals surface area contributed by atoms with Crippen LogP contribution in [-0.2, 0) is 4.74 Å². The molecule has 9 heteroatoms. The fourth-order valence-corrected chi connectivity index (χ4v) is 8.50. The standard InChI is InChI=1S/C18H16Br6N2O/c1-2-5-27-18-25(16-12(21)6-10(19)7-13(16)22)3-4-26(18)17-14(23)8-11(20)9-15(17)24/h6-9,18H,2-5H2,1H3. The maximum Gasteiger partial charge on any atom is 0.210 e. The lowest BCUT2D eigenvalue weighted by Crippen LogP contribution is -2.42. The Morgan fingerprint density at radius 3 is 1.48 bits per heavy atom. The monoisotopic (exact) mass is 750 g/mol. The van der Waals surface area contributed by atoms with E-state index < -0.39 is 0 Å². The number of hydrogen-bond donors (Lipinski definition) is 0. The minimum atomic E-state index is -0.201. The van der Waals surface area contributed by atoms with E-state index in [1.54, 1.807) is 0 Å². The molecule has 0 aliphatic carbocycles. The van der Waals surface area contributed by atoms with Gasteiger partial charge in [-0.1, -0.05) is 38.8 Å². The molecule has 0 unspecified atom stereocenters. The van der Waals surface area contributed by atoms with Gasteiger partial charge in [-0.05, 0) is 94.4 Å². The molecule has 1 aliphatic heterocycles. The molecule has 0 saturated carbocycles. The van der Waals surface area contributed by atoms with Crippen molar-refractivity contribution in [3.8, 4) is 0 Å². The number of hydrogen-bond acceptors (Lipinski definition) is 3. The Hall–Kier alpha value is 0.880. The van der Waals surface area contributed by atoms with Crippen LogP contribution in [0.15, 0.2) is 51.1 Å². The molecule has 0 spiro atoms. The third-order valence-electron chi connectivity index (χ3n) is 4.12. The van der Waals surface area contributed by atoms with Gasteiger partial charge in [0.05, 0.1) is 18.0 Å². The van der Waals surface area contributed by atoms with Gasteiger partial charge in [0.25, 0.3) is 0 Å². The molecule has 1 heterocycles. The molecule has 2 aromatic rings. The summed E-state index contributed by atoms with van der Waals surface area (Å²) in [5.74, 6) is 0. The van der Waals surface area contributed by atoms with Crippen LogP contribution < -0.4 is 9.80 Å². The van der Waals surface area contributed by atoms with Crippen molar-refractivity contribution in [3.05, 3.63) is 51.1 Å². The Bertz CT molecular complexity index is 735. The van der Waals surface area contributed by atoms with Crippen molar-refractivity contribution in [3.63, 3.8) is 0 Å². The number of ether oxygens (including phenoxy) is 1. The molecule has 0 amide bonds. The van der Waals surface area contributed by atoms with E-state index in [4.69, 9.17) is 4.74 Å². The van der Waals surface area contributed by atoms with Crippen LogP contribution in [0.5, 0.6) is 0 Å². The third kappa shape index (κ3) is 4.97. The molecule has 0 atom stereocenters. The fraction of sp³-hybridized carbons (Fsp3) is 0.333. The van der Waals surface area contributed by atoms with E-state index in [1.165, 1.54) is 0 Å². The van der Waals surface area contributed by atoms with Gasteiger partial charge in [-0.25, -0.2) is 0 Å². The summed E-state index contributed by atoms with van der Waals surface area (Å²) in [5, 5.41) is 0. The maximum absolute atomic E-state index is 6.31. The van der Waals surface area contributed by atoms with E-state index in [1.807, 2.05) is 0 Å². The van der Waals surface area contributed by atoms with Crippen LogP contribution in [0.1, 0.15) is 13.3 Å². The van der Waals surface area contributed by atoms with Crippen molar-refractivity contribution < 1.29 is 4.74 Å². The summed E-state index contributed by atoms with van der Waals surface area (Å²) < 4.78 is 12.4. The highest BCUT2D eigenvalue weighted by Gasteiger charge is 2.36. The molecule has 0 aromatic heterocycles. The van der Waals surface area contributed by atoms with Crippen LogP contribution in [-0.4, -0.2) is 26.0 Å². The number of nitrogens with zero attached hydrogens (tertiary/aromatic N) is 2. The lowest BCUT2D eigenvalue weighted by molar-refractivity contribution is 0.0630. The summed E-state index contributed by atoms with van der Waals surface area (Å²) in [5.41, 5.74) is 2.18. The lowest BCUT2D eigenvalue weighted by Gasteiger charge is -2.34. The van der Waals surface area contributed by atoms with E-state index in [0.29, 0.717) is 6.61 Å². The molecule has 0 bridgehead atoms. The first-order valence-electron chi connectivity index (χ1n) is 8.27. The summed E-state index contributed by atoms with van der Waals surface area (Å²) in [6.07, 6.45) is 0.760. The molecule has 1 fully saturated rings. The summed E-state index contributed by atoms with van der Waals surface area (Å²) in [6.45, 7) is 4.51. The zero-order valence-corrected chi connectivity index (χ0v) is 23.8. The molecule has 1 saturated heterocycles. The van der Waals surface area contributed by atoms with Crippen LogP contribution in [0.3, 0.4) is 0 Å². The maximum atomic E-state index is 6.31. The second kappa shape index (κ2) is 9.79. The van der Waals surface area contributed by atoms with E-state index in [2.05, 4.69) is 137 Å². The molecule has 3 rings (SSSR count). The van der Waals surface area contributed by atoms with E-state index in [-0.39, 0.29) is 6.35 Å². The summed E-state index contributed by atoms with van der Waals surface area (Å²) in [6, 6.07) is 8.24. The first kappa shape index (κ1) is 22.6. The minimum absolute atomic E-state index is 0.201. The largest absolute Gasteiger partial charge is 0.340 e. The van der Waals surface area contributed by atoms with Crippen LogP contribution in [0.2, 0.25) is 0 Å². The van der Waals surface area contributed by atoms with Crippen LogP contribution in [0.4, 0.5) is 11.4 Å². The van der Waals surface area contributed by atoms with Crippen molar-refractivity contribution in [1.82, 2.24) is 0 Å². The zero-order chi connectivity index (χ0) is 19.7. The van der Waals surface area contributed by atoms with Gasteiger partial charge in [-0.3, -0.25) is 0 Å². The average molecular weight is 756 g/mol. The predicted molar refractivity (Wildman–Crippen MR) is 134 cm³/mol. The highest BCUT2D eigenvalue weighted by Crippen LogP contribution is 2.44. The van der Waals surface area contributed by atoms with Gasteiger partial charge in [0.15, 0.2) is 0 Å². The third-order valence-corrected chi connectivity index (χ3v) is 7.46. The second-order valence-electron chi connectivity index (χ2n) is 6.02. The normalized spacial score (nSPS) is 15.1. The first-order chi connectivity index (χ1) is 12.8. The lowest BCUT2D eigenvalue weighted by atomic mass is 10.3. The van der Waals surface area contributed by atoms with Crippen LogP contribution in [0.25, 0.3) is 0 Å². The predicted octanol–water partition coefficient (Wildman–Crippen LogP) is 8.30. The molecule has 27 heavy (non-hydrogen) atoms. The molecular formula is C18H16Br6N2O. The molecule has 3 nitrogen and oxygen atoms in total. The number of benzene rings is 2. The van der Waals surface area contributed by atoms with Gasteiger partial charge >= 0.3 is 0 Å². The Balaban J connectivity index is 2.04. The van der Waals surface area contributed by atoms with Gasteiger partial charge in [-0.2, -0.15) is 0 Å². The molecule has 1 aliphatic rings. The van der Waals surface area contributed by atoms with Crippen LogP contribution >= 0.6 is 95.6 Å². The summed E-state index contributed by atoms with van der Waals surface area (Å²) in [7, 11) is 0. The smallest absolute Gasteiger partial charge is 0.210 e. The summed E-state index contributed by atoms with van der Waals surface area (Å²) in [4.78, 5) is 4.58. The van der Waals surface area contributed by atoms with Gasteiger partial charge in [-0.15, -0.1) is 0 Å². The average Bonchev–Trinajstić information content (AvgIpc) is 2.94. The van der Waals surface area contributed by atoms with Gasteiger partial charge in [0, 0.05) is 39.9 Å². The Labute approximate surface area is 210 Å². The Morgan fingerprint density at radius 1 is 0.778 bits per heavy atom. The van der Waals surface area contributed by atoms with Crippen molar-refractivity contribution in [2.75, 3.05) is 29.5 Å². The SMILES string of the molecule is CCCOC1N(c2c(Br)cc(Br)cc2Br)CCN1c1c(Br)cc(Br)cc1Br. The topological polar surface area (TPSA) is 15.7 Å². The van der Waals surface area contributed by atoms with Crippen molar-refractivity contribution >= 4 is 107 Å². The van der Waals surface area contributed by atoms with E-state index >= 15 is 0 Å². The first-order valence-corrected chi connectivity index (χ1v) is 13.0. The Morgan fingerprint density at radius 2 is 1.15 bits per heavy atom. The molecule has 2 aromatic carbocycles. The van der Waals surface area contributed by atoms with Crippen molar-refractivity contribution in [2.24, 2.45) is 0 Å². The van der Waals surface area contributed by atoms with E-state index in [9.17, 15) is 0 Å². The molecule has 0 radical (unpaired) electrons. The number of halogens is 6. The highest BCUT2D eigenvalue weighted by atomic mass is 79.9. The van der Waals surface area contributed by atoms with Gasteiger partial charge in [0.1, 0.15) is 0 Å². The quantitative estimate of drug-likeness (QED) is 0.306. The summed E-state index contributed by atoms with van der Waals surface area (Å²) >= 11 is 22.0. The van der Waals surface area contributed by atoms with Crippen LogP contribution in [0, 0.1) is 0 Å². The highest BCUT2D eigenvalue weighted by molar-refractivity contribution is 9.12. The molecule has 0 N–H and O–H groups in total. The fourth-order valence-electron chi connectivity index (χ4n) is 3.07. The van der Waals surface area contributed by atoms with Crippen molar-refractivity contribution in [2.45, 2.75) is 19.7 Å². The molecular weight excluding hydrogens is 740 g/mol. The Kier molecular flexibility index (Phi) is 8.18. The van der Waals surface area contributed by atoms with Gasteiger partial charge in [0.2, 0.25) is 6.35 Å². The second-order valence-corrected chi connectivity index (χ2v) is 11.3. The van der Waals surface area contributed by atoms with Gasteiger partial charge < -0.3 is 14.5 Å². The molecule has 146 valence electrons. The minimum Gasteiger partial charge on any atom is -0.340 e. The van der Waals surface area contributed by atoms with E-state index in [0.717, 1.165) is 57.7 Å². The number of rotatable bonds is 5. The van der Waals surface area contributed by atoms with Crippen molar-refractivity contribution in [1.29, 1.82) is 0 Å².